The van der Waals surface area contributed by atoms with E-state index in [0.717, 1.165) is 49.8 Å². The molecular weight excluding hydrogens is 444 g/mol. The van der Waals surface area contributed by atoms with Gasteiger partial charge in [0, 0.05) is 49.7 Å². The fourth-order valence-electron chi connectivity index (χ4n) is 4.87. The molecule has 34 heavy (non-hydrogen) atoms. The van der Waals surface area contributed by atoms with E-state index in [1.165, 1.54) is 22.4 Å². The van der Waals surface area contributed by atoms with Gasteiger partial charge in [-0.3, -0.25) is 4.90 Å². The molecule has 2 heterocycles. The molecule has 0 spiro atoms. The van der Waals surface area contributed by atoms with Crippen LogP contribution in [0.15, 0.2) is 66.7 Å². The number of carbonyl (C=O) groups is 1. The molecule has 2 aliphatic rings. The first-order valence-corrected chi connectivity index (χ1v) is 12.9. The highest BCUT2D eigenvalue weighted by atomic mass is 32.2. The Morgan fingerprint density at radius 2 is 1.76 bits per heavy atom. The van der Waals surface area contributed by atoms with Gasteiger partial charge in [-0.05, 0) is 47.9 Å². The lowest BCUT2D eigenvalue weighted by molar-refractivity contribution is 0.0696. The highest BCUT2D eigenvalue weighted by Gasteiger charge is 2.27. The van der Waals surface area contributed by atoms with Crippen molar-refractivity contribution in [3.63, 3.8) is 0 Å². The molecular formula is C28H30N2O3S. The lowest BCUT2D eigenvalue weighted by Crippen LogP contribution is -2.47. The summed E-state index contributed by atoms with van der Waals surface area (Å²) in [6.45, 7) is 7.90. The van der Waals surface area contributed by atoms with E-state index in [2.05, 4.69) is 59.2 Å². The Labute approximate surface area is 205 Å². The number of piperazine rings is 1. The molecule has 3 aromatic rings. The Kier molecular flexibility index (Phi) is 6.79. The molecule has 1 fully saturated rings. The maximum atomic E-state index is 11.6. The van der Waals surface area contributed by atoms with Gasteiger partial charge in [-0.25, -0.2) is 4.79 Å². The van der Waals surface area contributed by atoms with Crippen molar-refractivity contribution in [2.75, 3.05) is 43.4 Å². The van der Waals surface area contributed by atoms with Crippen LogP contribution in [0, 0.1) is 6.92 Å². The molecule has 1 atom stereocenters. The number of hydrogen-bond acceptors (Lipinski definition) is 5. The number of aryl methyl sites for hydroxylation is 1. The zero-order valence-corrected chi connectivity index (χ0v) is 20.3. The number of benzene rings is 3. The number of nitrogens with zero attached hydrogens (tertiary/aromatic N) is 2. The third-order valence-corrected chi connectivity index (χ3v) is 8.04. The van der Waals surface area contributed by atoms with Crippen LogP contribution in [0.4, 0.5) is 5.69 Å². The summed E-state index contributed by atoms with van der Waals surface area (Å²) in [5, 5.41) is 9.60. The molecule has 1 N–H and O–H groups in total. The summed E-state index contributed by atoms with van der Waals surface area (Å²) in [6, 6.07) is 22.2. The minimum atomic E-state index is -0.907. The van der Waals surface area contributed by atoms with Gasteiger partial charge >= 0.3 is 5.97 Å². The Bertz CT molecular complexity index is 1170. The van der Waals surface area contributed by atoms with Gasteiger partial charge in [-0.15, -0.1) is 11.8 Å². The number of aromatic carboxylic acids is 1. The number of rotatable bonds is 6. The summed E-state index contributed by atoms with van der Waals surface area (Å²) in [6.07, 6.45) is 0. The van der Waals surface area contributed by atoms with E-state index < -0.39 is 5.97 Å². The highest BCUT2D eigenvalue weighted by Crippen LogP contribution is 2.44. The van der Waals surface area contributed by atoms with Gasteiger partial charge in [0.05, 0.1) is 10.8 Å². The number of hydrogen-bond donors (Lipinski definition) is 1. The van der Waals surface area contributed by atoms with E-state index in [1.807, 2.05) is 23.9 Å². The molecule has 0 radical (unpaired) electrons. The third kappa shape index (κ3) is 4.79. The van der Waals surface area contributed by atoms with Crippen molar-refractivity contribution in [3.05, 3.63) is 94.5 Å². The topological polar surface area (TPSA) is 53.0 Å². The van der Waals surface area contributed by atoms with Crippen molar-refractivity contribution in [2.24, 2.45) is 0 Å². The van der Waals surface area contributed by atoms with Crippen molar-refractivity contribution in [1.82, 2.24) is 4.90 Å². The van der Waals surface area contributed by atoms with E-state index in [-0.39, 0.29) is 5.25 Å². The predicted molar refractivity (Wildman–Crippen MR) is 138 cm³/mol. The van der Waals surface area contributed by atoms with Crippen molar-refractivity contribution in [3.8, 4) is 5.75 Å². The van der Waals surface area contributed by atoms with Crippen LogP contribution in [-0.2, 0) is 6.61 Å². The minimum Gasteiger partial charge on any atom is -0.489 e. The smallest absolute Gasteiger partial charge is 0.335 e. The van der Waals surface area contributed by atoms with E-state index >= 15 is 0 Å². The van der Waals surface area contributed by atoms with Gasteiger partial charge in [-0.1, -0.05) is 42.5 Å². The molecule has 1 unspecified atom stereocenters. The van der Waals surface area contributed by atoms with E-state index in [1.54, 1.807) is 12.1 Å². The molecule has 176 valence electrons. The van der Waals surface area contributed by atoms with Gasteiger partial charge in [0.2, 0.25) is 0 Å². The zero-order valence-electron chi connectivity index (χ0n) is 19.4. The number of ether oxygens (including phenoxy) is 1. The maximum absolute atomic E-state index is 11.6. The van der Waals surface area contributed by atoms with Crippen LogP contribution in [0.25, 0.3) is 0 Å². The van der Waals surface area contributed by atoms with E-state index in [9.17, 15) is 9.90 Å². The first kappa shape index (κ1) is 22.8. The second kappa shape index (κ2) is 10.1. The average Bonchev–Trinajstić information content (AvgIpc) is 3.01. The van der Waals surface area contributed by atoms with E-state index in [0.29, 0.717) is 12.2 Å². The lowest BCUT2D eigenvalue weighted by Gasteiger charge is -2.37. The second-order valence-corrected chi connectivity index (χ2v) is 10.1. The Morgan fingerprint density at radius 3 is 2.56 bits per heavy atom. The zero-order chi connectivity index (χ0) is 23.5. The molecule has 5 nitrogen and oxygen atoms in total. The van der Waals surface area contributed by atoms with Crippen LogP contribution < -0.4 is 9.64 Å². The fraction of sp³-hybridized carbons (Fsp3) is 0.321. The van der Waals surface area contributed by atoms with Crippen molar-refractivity contribution in [2.45, 2.75) is 18.8 Å². The number of carboxylic acids is 1. The van der Waals surface area contributed by atoms with Crippen LogP contribution in [0.5, 0.6) is 5.75 Å². The summed E-state index contributed by atoms with van der Waals surface area (Å²) in [7, 11) is 0. The summed E-state index contributed by atoms with van der Waals surface area (Å²) in [5.41, 5.74) is 6.33. The second-order valence-electron chi connectivity index (χ2n) is 8.91. The molecule has 0 aromatic heterocycles. The highest BCUT2D eigenvalue weighted by molar-refractivity contribution is 7.99. The summed E-state index contributed by atoms with van der Waals surface area (Å²) >= 11 is 1.88. The van der Waals surface area contributed by atoms with Crippen molar-refractivity contribution < 1.29 is 14.6 Å². The number of anilines is 1. The SMILES string of the molecule is Cc1ccccc1N1CCN(CCSC2c3ccccc3COc3ccc(C(=O)O)cc32)CC1. The molecule has 0 amide bonds. The van der Waals surface area contributed by atoms with Gasteiger partial charge in [0.1, 0.15) is 12.4 Å². The molecule has 0 saturated carbocycles. The first-order chi connectivity index (χ1) is 16.6. The van der Waals surface area contributed by atoms with Gasteiger partial charge in [-0.2, -0.15) is 0 Å². The normalized spacial score (nSPS) is 17.9. The van der Waals surface area contributed by atoms with Crippen LogP contribution in [0.2, 0.25) is 0 Å². The molecule has 6 heteroatoms. The van der Waals surface area contributed by atoms with E-state index in [4.69, 9.17) is 4.74 Å². The quantitative estimate of drug-likeness (QED) is 0.528. The Morgan fingerprint density at radius 1 is 1.00 bits per heavy atom. The minimum absolute atomic E-state index is 0.0567. The van der Waals surface area contributed by atoms with Crippen LogP contribution in [0.3, 0.4) is 0 Å². The molecule has 2 aliphatic heterocycles. The number of fused-ring (bicyclic) bond motifs is 2. The molecule has 5 rings (SSSR count). The fourth-order valence-corrected chi connectivity index (χ4v) is 6.24. The number of carboxylic acid groups (broad SMARTS) is 1. The molecule has 0 aliphatic carbocycles. The predicted octanol–water partition coefficient (Wildman–Crippen LogP) is 5.23. The monoisotopic (exact) mass is 474 g/mol. The lowest BCUT2D eigenvalue weighted by atomic mass is 9.98. The van der Waals surface area contributed by atoms with Crippen molar-refractivity contribution >= 4 is 23.4 Å². The summed E-state index contributed by atoms with van der Waals surface area (Å²) < 4.78 is 6.08. The Hall–Kier alpha value is -2.96. The third-order valence-electron chi connectivity index (χ3n) is 6.78. The Balaban J connectivity index is 1.27. The van der Waals surface area contributed by atoms with Gasteiger partial charge in [0.15, 0.2) is 0 Å². The van der Waals surface area contributed by atoms with Crippen LogP contribution in [0.1, 0.15) is 37.9 Å². The van der Waals surface area contributed by atoms with Gasteiger partial charge in [0.25, 0.3) is 0 Å². The molecule has 0 bridgehead atoms. The first-order valence-electron chi connectivity index (χ1n) is 11.8. The average molecular weight is 475 g/mol. The molecule has 3 aromatic carbocycles. The standard InChI is InChI=1S/C28H30N2O3S/c1-20-6-2-5-9-25(20)30-14-12-29(13-15-30)16-17-34-27-23-8-4-3-7-22(23)19-33-26-11-10-21(28(31)32)18-24(26)27/h2-11,18,27H,12-17,19H2,1H3,(H,31,32). The van der Waals surface area contributed by atoms with Crippen LogP contribution >= 0.6 is 11.8 Å². The van der Waals surface area contributed by atoms with Crippen LogP contribution in [-0.4, -0.2) is 54.5 Å². The largest absolute Gasteiger partial charge is 0.489 e. The van der Waals surface area contributed by atoms with Crippen molar-refractivity contribution in [1.29, 1.82) is 0 Å². The summed E-state index contributed by atoms with van der Waals surface area (Å²) in [4.78, 5) is 16.7. The number of para-hydroxylation sites is 1. The number of thioether (sulfide) groups is 1. The van der Waals surface area contributed by atoms with Gasteiger partial charge < -0.3 is 14.7 Å². The molecule has 1 saturated heterocycles. The summed E-state index contributed by atoms with van der Waals surface area (Å²) in [5.74, 6) is 0.848. The maximum Gasteiger partial charge on any atom is 0.335 e.